The molecule has 2 heterocycles. The van der Waals surface area contributed by atoms with Gasteiger partial charge < -0.3 is 10.3 Å². The van der Waals surface area contributed by atoms with Crippen LogP contribution in [0.5, 0.6) is 0 Å². The number of carbonyl (C=O) groups is 1. The summed E-state index contributed by atoms with van der Waals surface area (Å²) in [4.78, 5) is 20.5. The number of amides is 1. The zero-order chi connectivity index (χ0) is 19.7. The van der Waals surface area contributed by atoms with Crippen molar-refractivity contribution in [2.75, 3.05) is 5.32 Å². The molecular formula is C19H15Cl2N5OS. The van der Waals surface area contributed by atoms with Crippen LogP contribution in [-0.4, -0.2) is 31.3 Å². The van der Waals surface area contributed by atoms with Crippen LogP contribution in [-0.2, 0) is 4.79 Å². The third-order valence-electron chi connectivity index (χ3n) is 4.20. The molecule has 6 nitrogen and oxygen atoms in total. The number of aromatic amines is 1. The Morgan fingerprint density at radius 1 is 1.21 bits per heavy atom. The average Bonchev–Trinajstić information content (AvgIpc) is 3.06. The summed E-state index contributed by atoms with van der Waals surface area (Å²) >= 11 is 13.4. The number of anilines is 1. The van der Waals surface area contributed by atoms with Crippen LogP contribution in [0.4, 0.5) is 5.69 Å². The Balaban J connectivity index is 1.56. The number of halogens is 2. The summed E-state index contributed by atoms with van der Waals surface area (Å²) in [6.07, 6.45) is 0.586. The molecule has 0 fully saturated rings. The third kappa shape index (κ3) is 3.78. The highest BCUT2D eigenvalue weighted by atomic mass is 35.5. The molecule has 0 aliphatic rings. The molecule has 0 aliphatic carbocycles. The van der Waals surface area contributed by atoms with Crippen molar-refractivity contribution in [3.63, 3.8) is 0 Å². The first kappa shape index (κ1) is 19.0. The van der Waals surface area contributed by atoms with Gasteiger partial charge in [0.15, 0.2) is 5.65 Å². The molecule has 9 heteroatoms. The second-order valence-electron chi connectivity index (χ2n) is 6.09. The number of carbonyl (C=O) groups excluding carboxylic acids is 1. The molecule has 28 heavy (non-hydrogen) atoms. The summed E-state index contributed by atoms with van der Waals surface area (Å²) in [5.41, 5.74) is 2.78. The van der Waals surface area contributed by atoms with Crippen LogP contribution in [0.25, 0.3) is 22.1 Å². The zero-order valence-electron chi connectivity index (χ0n) is 14.7. The van der Waals surface area contributed by atoms with Gasteiger partial charge in [0.2, 0.25) is 11.1 Å². The predicted molar refractivity (Wildman–Crippen MR) is 114 cm³/mol. The van der Waals surface area contributed by atoms with Gasteiger partial charge in [-0.15, -0.1) is 10.2 Å². The van der Waals surface area contributed by atoms with Gasteiger partial charge in [0.1, 0.15) is 5.52 Å². The number of H-pyrrole nitrogens is 1. The molecule has 0 aliphatic heterocycles. The van der Waals surface area contributed by atoms with E-state index in [1.807, 2.05) is 31.2 Å². The number of nitrogens with one attached hydrogen (secondary N) is 2. The Labute approximate surface area is 175 Å². The summed E-state index contributed by atoms with van der Waals surface area (Å²) in [6, 6.07) is 12.7. The van der Waals surface area contributed by atoms with Crippen LogP contribution < -0.4 is 5.32 Å². The van der Waals surface area contributed by atoms with Crippen LogP contribution in [0.2, 0.25) is 10.0 Å². The summed E-state index contributed by atoms with van der Waals surface area (Å²) in [6.45, 7) is 1.92. The van der Waals surface area contributed by atoms with E-state index in [2.05, 4.69) is 25.5 Å². The summed E-state index contributed by atoms with van der Waals surface area (Å²) in [5.74, 6) is -0.197. The standard InChI is InChI=1S/C19H15Cl2N5OS/c1-2-15(18(27)23-14-9-10(20)7-8-12(14)21)28-19-24-17-16(25-26-19)11-5-3-4-6-13(11)22-17/h3-9,15H,2H2,1H3,(H,23,27)(H,22,24,26). The molecular weight excluding hydrogens is 417 g/mol. The van der Waals surface area contributed by atoms with Crippen LogP contribution in [0.3, 0.4) is 0 Å². The van der Waals surface area contributed by atoms with E-state index in [9.17, 15) is 4.79 Å². The van der Waals surface area contributed by atoms with E-state index in [-0.39, 0.29) is 5.91 Å². The highest BCUT2D eigenvalue weighted by molar-refractivity contribution is 8.00. The van der Waals surface area contributed by atoms with E-state index in [4.69, 9.17) is 23.2 Å². The van der Waals surface area contributed by atoms with Gasteiger partial charge in [-0.05, 0) is 30.7 Å². The smallest absolute Gasteiger partial charge is 0.238 e. The summed E-state index contributed by atoms with van der Waals surface area (Å²) < 4.78 is 0. The first-order valence-corrected chi connectivity index (χ1v) is 10.2. The number of para-hydroxylation sites is 1. The van der Waals surface area contributed by atoms with Crippen LogP contribution in [0.15, 0.2) is 47.6 Å². The van der Waals surface area contributed by atoms with Crippen molar-refractivity contribution in [1.29, 1.82) is 0 Å². The first-order valence-electron chi connectivity index (χ1n) is 8.59. The highest BCUT2D eigenvalue weighted by Crippen LogP contribution is 2.29. The van der Waals surface area contributed by atoms with Crippen molar-refractivity contribution < 1.29 is 4.79 Å². The fourth-order valence-electron chi connectivity index (χ4n) is 2.81. The largest absolute Gasteiger partial charge is 0.338 e. The molecule has 2 aromatic heterocycles. The van der Waals surface area contributed by atoms with Crippen molar-refractivity contribution in [1.82, 2.24) is 20.2 Å². The molecule has 0 bridgehead atoms. The minimum atomic E-state index is -0.404. The third-order valence-corrected chi connectivity index (χ3v) is 5.98. The maximum absolute atomic E-state index is 12.7. The van der Waals surface area contributed by atoms with Gasteiger partial charge in [0.25, 0.3) is 0 Å². The Hall–Kier alpha value is -2.35. The lowest BCUT2D eigenvalue weighted by molar-refractivity contribution is -0.115. The van der Waals surface area contributed by atoms with E-state index in [1.54, 1.807) is 18.2 Å². The first-order chi connectivity index (χ1) is 13.5. The number of hydrogen-bond acceptors (Lipinski definition) is 5. The van der Waals surface area contributed by atoms with Crippen LogP contribution in [0.1, 0.15) is 13.3 Å². The maximum atomic E-state index is 12.7. The number of rotatable bonds is 5. The zero-order valence-corrected chi connectivity index (χ0v) is 17.1. The topological polar surface area (TPSA) is 83.6 Å². The number of nitrogens with zero attached hydrogens (tertiary/aromatic N) is 3. The molecule has 2 aromatic carbocycles. The normalized spacial score (nSPS) is 12.4. The lowest BCUT2D eigenvalue weighted by Gasteiger charge is -2.14. The van der Waals surface area contributed by atoms with Crippen molar-refractivity contribution >= 4 is 68.6 Å². The number of benzene rings is 2. The molecule has 1 amide bonds. The molecule has 0 radical (unpaired) electrons. The van der Waals surface area contributed by atoms with Gasteiger partial charge in [-0.3, -0.25) is 4.79 Å². The van der Waals surface area contributed by atoms with Gasteiger partial charge in [0.05, 0.1) is 16.0 Å². The van der Waals surface area contributed by atoms with Crippen molar-refractivity contribution in [2.45, 2.75) is 23.8 Å². The fraction of sp³-hybridized carbons (Fsp3) is 0.158. The van der Waals surface area contributed by atoms with E-state index in [1.165, 1.54) is 11.8 Å². The van der Waals surface area contributed by atoms with Gasteiger partial charge in [-0.2, -0.15) is 0 Å². The van der Waals surface area contributed by atoms with Crippen molar-refractivity contribution in [3.05, 3.63) is 52.5 Å². The molecule has 4 aromatic rings. The number of thioether (sulfide) groups is 1. The quantitative estimate of drug-likeness (QED) is 0.417. The fourth-order valence-corrected chi connectivity index (χ4v) is 3.97. The molecule has 2 N–H and O–H groups in total. The molecule has 0 spiro atoms. The number of hydrogen-bond donors (Lipinski definition) is 2. The minimum Gasteiger partial charge on any atom is -0.338 e. The van der Waals surface area contributed by atoms with E-state index in [0.29, 0.717) is 38.5 Å². The minimum absolute atomic E-state index is 0.197. The molecule has 1 atom stereocenters. The van der Waals surface area contributed by atoms with E-state index >= 15 is 0 Å². The van der Waals surface area contributed by atoms with Crippen LogP contribution in [0, 0.1) is 0 Å². The SMILES string of the molecule is CCC(Sc1nnc2c(n1)[nH]c1ccccc12)C(=O)Nc1cc(Cl)ccc1Cl. The predicted octanol–water partition coefficient (Wildman–Crippen LogP) is 5.32. The summed E-state index contributed by atoms with van der Waals surface area (Å²) in [5, 5.41) is 13.2. The Morgan fingerprint density at radius 3 is 2.86 bits per heavy atom. The Bertz CT molecular complexity index is 1180. The van der Waals surface area contributed by atoms with E-state index in [0.717, 1.165) is 10.9 Å². The lowest BCUT2D eigenvalue weighted by Crippen LogP contribution is -2.25. The molecule has 1 unspecified atom stereocenters. The molecule has 142 valence electrons. The van der Waals surface area contributed by atoms with Gasteiger partial charge >= 0.3 is 0 Å². The molecule has 4 rings (SSSR count). The second-order valence-corrected chi connectivity index (χ2v) is 8.10. The molecule has 0 saturated heterocycles. The average molecular weight is 432 g/mol. The highest BCUT2D eigenvalue weighted by Gasteiger charge is 2.21. The van der Waals surface area contributed by atoms with Gasteiger partial charge in [-0.25, -0.2) is 4.98 Å². The lowest BCUT2D eigenvalue weighted by atomic mass is 10.2. The maximum Gasteiger partial charge on any atom is 0.238 e. The Morgan fingerprint density at radius 2 is 2.04 bits per heavy atom. The Kier molecular flexibility index (Phi) is 5.39. The summed E-state index contributed by atoms with van der Waals surface area (Å²) in [7, 11) is 0. The van der Waals surface area contributed by atoms with Gasteiger partial charge in [0, 0.05) is 15.9 Å². The van der Waals surface area contributed by atoms with Gasteiger partial charge in [-0.1, -0.05) is 60.1 Å². The van der Waals surface area contributed by atoms with Crippen molar-refractivity contribution in [3.8, 4) is 0 Å². The second kappa shape index (κ2) is 7.95. The van der Waals surface area contributed by atoms with Crippen LogP contribution >= 0.6 is 35.0 Å². The van der Waals surface area contributed by atoms with Crippen molar-refractivity contribution in [2.24, 2.45) is 0 Å². The van der Waals surface area contributed by atoms with E-state index < -0.39 is 5.25 Å². The molecule has 0 saturated carbocycles. The monoisotopic (exact) mass is 431 g/mol. The number of fused-ring (bicyclic) bond motifs is 3. The number of aromatic nitrogens is 4.